The van der Waals surface area contributed by atoms with Crippen molar-refractivity contribution in [2.75, 3.05) is 6.54 Å². The first-order valence-electron chi connectivity index (χ1n) is 5.74. The minimum absolute atomic E-state index is 0.0553. The Balaban J connectivity index is 2.03. The number of nitrogens with one attached hydrogen (secondary N) is 1. The lowest BCUT2D eigenvalue weighted by Gasteiger charge is -2.08. The zero-order valence-electron chi connectivity index (χ0n) is 9.45. The highest BCUT2D eigenvalue weighted by molar-refractivity contribution is 7.14. The molecule has 0 aromatic carbocycles. The van der Waals surface area contributed by atoms with Crippen LogP contribution < -0.4 is 5.32 Å². The topological polar surface area (TPSA) is 49.3 Å². The summed E-state index contributed by atoms with van der Waals surface area (Å²) in [7, 11) is 0. The van der Waals surface area contributed by atoms with Gasteiger partial charge in [-0.2, -0.15) is 0 Å². The molecule has 0 spiro atoms. The number of hydrogen-bond acceptors (Lipinski definition) is 3. The van der Waals surface area contributed by atoms with E-state index in [0.717, 1.165) is 17.7 Å². The Labute approximate surface area is 99.5 Å². The Morgan fingerprint density at radius 3 is 3.00 bits per heavy atom. The summed E-state index contributed by atoms with van der Waals surface area (Å²) in [6, 6.07) is 2.01. The Hall–Kier alpha value is -0.870. The summed E-state index contributed by atoms with van der Waals surface area (Å²) in [6.07, 6.45) is 4.21. The van der Waals surface area contributed by atoms with Gasteiger partial charge in [0.15, 0.2) is 0 Å². The van der Waals surface area contributed by atoms with E-state index < -0.39 is 6.10 Å². The van der Waals surface area contributed by atoms with Gasteiger partial charge in [-0.15, -0.1) is 11.3 Å². The molecule has 0 radical (unpaired) electrons. The minimum atomic E-state index is -0.487. The summed E-state index contributed by atoms with van der Waals surface area (Å²) in [4.78, 5) is 13.9. The van der Waals surface area contributed by atoms with Crippen LogP contribution >= 0.6 is 11.3 Å². The maximum absolute atomic E-state index is 11.8. The van der Waals surface area contributed by atoms with Crippen LogP contribution in [0.3, 0.4) is 0 Å². The van der Waals surface area contributed by atoms with E-state index in [-0.39, 0.29) is 5.91 Å². The number of thiophene rings is 1. The van der Waals surface area contributed by atoms with Crippen molar-refractivity contribution in [3.8, 4) is 0 Å². The molecular weight excluding hydrogens is 222 g/mol. The van der Waals surface area contributed by atoms with Gasteiger partial charge in [0.1, 0.15) is 0 Å². The van der Waals surface area contributed by atoms with Crippen LogP contribution in [0.1, 0.15) is 39.9 Å². The minimum Gasteiger partial charge on any atom is -0.392 e. The van der Waals surface area contributed by atoms with Gasteiger partial charge in [0.2, 0.25) is 0 Å². The highest BCUT2D eigenvalue weighted by Crippen LogP contribution is 2.29. The van der Waals surface area contributed by atoms with E-state index in [1.54, 1.807) is 18.3 Å². The molecule has 16 heavy (non-hydrogen) atoms. The molecule has 2 rings (SSSR count). The number of aryl methyl sites for hydroxylation is 2. The van der Waals surface area contributed by atoms with Crippen LogP contribution in [0.4, 0.5) is 0 Å². The van der Waals surface area contributed by atoms with Crippen molar-refractivity contribution >= 4 is 17.2 Å². The monoisotopic (exact) mass is 239 g/mol. The molecule has 1 aliphatic rings. The molecule has 1 amide bonds. The molecule has 1 atom stereocenters. The molecule has 1 heterocycles. The molecule has 0 saturated heterocycles. The third-order valence-corrected chi connectivity index (χ3v) is 4.01. The summed E-state index contributed by atoms with van der Waals surface area (Å²) in [5, 5.41) is 11.8. The van der Waals surface area contributed by atoms with Crippen LogP contribution in [-0.2, 0) is 12.8 Å². The number of aliphatic hydroxyl groups is 1. The van der Waals surface area contributed by atoms with Gasteiger partial charge in [0, 0.05) is 11.4 Å². The second-order valence-electron chi connectivity index (χ2n) is 4.33. The van der Waals surface area contributed by atoms with Gasteiger partial charge < -0.3 is 10.4 Å². The molecule has 1 aromatic heterocycles. The highest BCUT2D eigenvalue weighted by atomic mass is 32.1. The lowest BCUT2D eigenvalue weighted by Crippen LogP contribution is -2.29. The maximum Gasteiger partial charge on any atom is 0.261 e. The average Bonchev–Trinajstić information content (AvgIpc) is 2.69. The van der Waals surface area contributed by atoms with E-state index >= 15 is 0 Å². The predicted octanol–water partition coefficient (Wildman–Crippen LogP) is 1.74. The van der Waals surface area contributed by atoms with Gasteiger partial charge in [0.05, 0.1) is 11.0 Å². The predicted molar refractivity (Wildman–Crippen MR) is 65.0 cm³/mol. The van der Waals surface area contributed by atoms with E-state index in [4.69, 9.17) is 5.11 Å². The van der Waals surface area contributed by atoms with Crippen molar-refractivity contribution in [2.45, 2.75) is 38.7 Å². The first-order valence-corrected chi connectivity index (χ1v) is 6.56. The number of fused-ring (bicyclic) bond motifs is 1. The lowest BCUT2D eigenvalue weighted by molar-refractivity contribution is 0.0928. The average molecular weight is 239 g/mol. The largest absolute Gasteiger partial charge is 0.392 e. The SMILES string of the molecule is C[C@H](O)CNC(=O)c1cc2c(s1)CCCC2. The molecule has 0 aliphatic heterocycles. The summed E-state index contributed by atoms with van der Waals surface area (Å²) in [5.41, 5.74) is 1.35. The zero-order valence-corrected chi connectivity index (χ0v) is 10.3. The summed E-state index contributed by atoms with van der Waals surface area (Å²) < 4.78 is 0. The third-order valence-electron chi connectivity index (χ3n) is 2.78. The molecule has 4 heteroatoms. The number of aliphatic hydroxyl groups excluding tert-OH is 1. The first kappa shape index (κ1) is 11.6. The molecule has 3 nitrogen and oxygen atoms in total. The van der Waals surface area contributed by atoms with Crippen LogP contribution in [0, 0.1) is 0 Å². The van der Waals surface area contributed by atoms with Crippen molar-refractivity contribution in [2.24, 2.45) is 0 Å². The number of carbonyl (C=O) groups excluding carboxylic acids is 1. The van der Waals surface area contributed by atoms with E-state index in [9.17, 15) is 4.79 Å². The smallest absolute Gasteiger partial charge is 0.261 e. The van der Waals surface area contributed by atoms with Gasteiger partial charge in [-0.1, -0.05) is 0 Å². The van der Waals surface area contributed by atoms with Crippen LogP contribution in [0.25, 0.3) is 0 Å². The highest BCUT2D eigenvalue weighted by Gasteiger charge is 2.17. The lowest BCUT2D eigenvalue weighted by atomic mass is 9.99. The normalized spacial score (nSPS) is 16.6. The second kappa shape index (κ2) is 4.97. The fourth-order valence-corrected chi connectivity index (χ4v) is 3.10. The molecular formula is C12H17NO2S. The summed E-state index contributed by atoms with van der Waals surface area (Å²) in [6.45, 7) is 1.99. The molecule has 0 saturated carbocycles. The molecule has 0 unspecified atom stereocenters. The quantitative estimate of drug-likeness (QED) is 0.844. The third kappa shape index (κ3) is 2.62. The molecule has 2 N–H and O–H groups in total. The Morgan fingerprint density at radius 1 is 1.56 bits per heavy atom. The van der Waals surface area contributed by atoms with E-state index in [1.807, 2.05) is 6.07 Å². The summed E-state index contributed by atoms with van der Waals surface area (Å²) in [5.74, 6) is -0.0553. The van der Waals surface area contributed by atoms with Crippen LogP contribution in [0.5, 0.6) is 0 Å². The molecule has 88 valence electrons. The van der Waals surface area contributed by atoms with E-state index in [2.05, 4.69) is 5.32 Å². The van der Waals surface area contributed by atoms with Gasteiger partial charge >= 0.3 is 0 Å². The molecule has 0 fully saturated rings. The van der Waals surface area contributed by atoms with Gasteiger partial charge in [-0.3, -0.25) is 4.79 Å². The first-order chi connectivity index (χ1) is 7.66. The Bertz CT molecular complexity index is 361. The van der Waals surface area contributed by atoms with Crippen molar-refractivity contribution in [3.05, 3.63) is 21.4 Å². The van der Waals surface area contributed by atoms with Gasteiger partial charge in [-0.05, 0) is 44.2 Å². The molecule has 0 bridgehead atoms. The Kier molecular flexibility index (Phi) is 3.61. The zero-order chi connectivity index (χ0) is 11.5. The second-order valence-corrected chi connectivity index (χ2v) is 5.46. The van der Waals surface area contributed by atoms with Crippen molar-refractivity contribution in [1.29, 1.82) is 0 Å². The number of hydrogen-bond donors (Lipinski definition) is 2. The number of carbonyl (C=O) groups is 1. The Morgan fingerprint density at radius 2 is 2.31 bits per heavy atom. The van der Waals surface area contributed by atoms with Crippen molar-refractivity contribution in [3.63, 3.8) is 0 Å². The summed E-state index contributed by atoms with van der Waals surface area (Å²) >= 11 is 1.60. The van der Waals surface area contributed by atoms with Crippen molar-refractivity contribution < 1.29 is 9.90 Å². The fraction of sp³-hybridized carbons (Fsp3) is 0.583. The van der Waals surface area contributed by atoms with Gasteiger partial charge in [-0.25, -0.2) is 0 Å². The van der Waals surface area contributed by atoms with Crippen LogP contribution in [0.2, 0.25) is 0 Å². The number of rotatable bonds is 3. The van der Waals surface area contributed by atoms with Crippen molar-refractivity contribution in [1.82, 2.24) is 5.32 Å². The number of amides is 1. The standard InChI is InChI=1S/C12H17NO2S/c1-8(14)7-13-12(15)11-6-9-4-2-3-5-10(9)16-11/h6,8,14H,2-5,7H2,1H3,(H,13,15)/t8-/m0/s1. The molecule has 1 aromatic rings. The maximum atomic E-state index is 11.8. The fourth-order valence-electron chi connectivity index (χ4n) is 1.93. The van der Waals surface area contributed by atoms with Crippen LogP contribution in [-0.4, -0.2) is 23.7 Å². The van der Waals surface area contributed by atoms with E-state index in [0.29, 0.717) is 6.54 Å². The molecule has 1 aliphatic carbocycles. The van der Waals surface area contributed by atoms with Gasteiger partial charge in [0.25, 0.3) is 5.91 Å². The van der Waals surface area contributed by atoms with Crippen LogP contribution in [0.15, 0.2) is 6.07 Å². The van der Waals surface area contributed by atoms with E-state index in [1.165, 1.54) is 23.3 Å².